The second kappa shape index (κ2) is 8.97. The second-order valence-corrected chi connectivity index (χ2v) is 3.73. The van der Waals surface area contributed by atoms with Crippen molar-refractivity contribution in [3.63, 3.8) is 0 Å². The van der Waals surface area contributed by atoms with Gasteiger partial charge in [-0.25, -0.2) is 0 Å². The van der Waals surface area contributed by atoms with Crippen LogP contribution < -0.4 is 0 Å². The molecule has 0 unspecified atom stereocenters. The molecule has 94 valence electrons. The van der Waals surface area contributed by atoms with Crippen LogP contribution in [0.4, 0.5) is 0 Å². The lowest BCUT2D eigenvalue weighted by Gasteiger charge is -2.12. The van der Waals surface area contributed by atoms with Gasteiger partial charge < -0.3 is 9.47 Å². The molecule has 0 saturated carbocycles. The Morgan fingerprint density at radius 3 is 2.29 bits per heavy atom. The summed E-state index contributed by atoms with van der Waals surface area (Å²) in [5.74, 6) is 0. The van der Waals surface area contributed by atoms with Gasteiger partial charge in [-0.2, -0.15) is 0 Å². The number of hydrogen-bond acceptors (Lipinski definition) is 2. The molecule has 0 aliphatic carbocycles. The molecular formula is C15H22O2. The largest absolute Gasteiger partial charge is 0.349 e. The van der Waals surface area contributed by atoms with Crippen LogP contribution in [0.3, 0.4) is 0 Å². The minimum atomic E-state index is -0.194. The summed E-state index contributed by atoms with van der Waals surface area (Å²) in [7, 11) is 0. The number of benzene rings is 1. The number of allylic oxidation sites excluding steroid dienone is 1. The Labute approximate surface area is 104 Å². The van der Waals surface area contributed by atoms with E-state index in [0.29, 0.717) is 13.2 Å². The van der Waals surface area contributed by atoms with Crippen LogP contribution in [0, 0.1) is 0 Å². The fourth-order valence-corrected chi connectivity index (χ4v) is 1.59. The van der Waals surface area contributed by atoms with E-state index in [1.54, 1.807) is 0 Å². The van der Waals surface area contributed by atoms with Crippen molar-refractivity contribution in [3.05, 3.63) is 48.0 Å². The highest BCUT2D eigenvalue weighted by Crippen LogP contribution is 2.04. The zero-order chi connectivity index (χ0) is 12.3. The summed E-state index contributed by atoms with van der Waals surface area (Å²) in [4.78, 5) is 0. The molecule has 0 bridgehead atoms. The van der Waals surface area contributed by atoms with Crippen molar-refractivity contribution in [2.75, 3.05) is 13.2 Å². The Kier molecular flexibility index (Phi) is 7.35. The summed E-state index contributed by atoms with van der Waals surface area (Å²) in [6, 6.07) is 10.5. The summed E-state index contributed by atoms with van der Waals surface area (Å²) in [6.45, 7) is 5.30. The SMILES string of the molecule is CCOC(C=CCCc1ccccc1)OCC. The van der Waals surface area contributed by atoms with Gasteiger partial charge in [-0.15, -0.1) is 0 Å². The Morgan fingerprint density at radius 1 is 1.06 bits per heavy atom. The van der Waals surface area contributed by atoms with Crippen molar-refractivity contribution >= 4 is 0 Å². The molecule has 0 saturated heterocycles. The highest BCUT2D eigenvalue weighted by atomic mass is 16.7. The minimum absolute atomic E-state index is 0.194. The van der Waals surface area contributed by atoms with Crippen LogP contribution in [-0.4, -0.2) is 19.5 Å². The van der Waals surface area contributed by atoms with Crippen LogP contribution in [0.1, 0.15) is 25.8 Å². The van der Waals surface area contributed by atoms with Gasteiger partial charge in [0.2, 0.25) is 0 Å². The van der Waals surface area contributed by atoms with Crippen molar-refractivity contribution in [1.29, 1.82) is 0 Å². The van der Waals surface area contributed by atoms with Gasteiger partial charge in [0, 0.05) is 13.2 Å². The number of hydrogen-bond donors (Lipinski definition) is 0. The quantitative estimate of drug-likeness (QED) is 0.505. The lowest BCUT2D eigenvalue weighted by Crippen LogP contribution is -2.14. The van der Waals surface area contributed by atoms with Gasteiger partial charge in [0.05, 0.1) is 0 Å². The molecule has 0 aliphatic heterocycles. The van der Waals surface area contributed by atoms with Gasteiger partial charge in [-0.3, -0.25) is 0 Å². The summed E-state index contributed by atoms with van der Waals surface area (Å²) in [6.07, 6.45) is 6.00. The normalized spacial score (nSPS) is 11.5. The molecule has 0 spiro atoms. The molecule has 1 rings (SSSR count). The third kappa shape index (κ3) is 6.25. The molecule has 0 amide bonds. The highest BCUT2D eigenvalue weighted by molar-refractivity contribution is 5.15. The second-order valence-electron chi connectivity index (χ2n) is 3.73. The maximum atomic E-state index is 5.43. The molecule has 2 heteroatoms. The van der Waals surface area contributed by atoms with E-state index in [2.05, 4.69) is 30.3 Å². The molecule has 0 heterocycles. The summed E-state index contributed by atoms with van der Waals surface area (Å²) < 4.78 is 10.9. The predicted molar refractivity (Wildman–Crippen MR) is 70.9 cm³/mol. The van der Waals surface area contributed by atoms with Crippen molar-refractivity contribution in [2.45, 2.75) is 33.0 Å². The fraction of sp³-hybridized carbons (Fsp3) is 0.467. The average molecular weight is 234 g/mol. The number of rotatable bonds is 8. The Morgan fingerprint density at radius 2 is 1.71 bits per heavy atom. The molecule has 2 nitrogen and oxygen atoms in total. The number of ether oxygens (including phenoxy) is 2. The lowest BCUT2D eigenvalue weighted by molar-refractivity contribution is -0.104. The zero-order valence-corrected chi connectivity index (χ0v) is 10.8. The van der Waals surface area contributed by atoms with E-state index in [1.807, 2.05) is 26.0 Å². The van der Waals surface area contributed by atoms with Gasteiger partial charge in [0.15, 0.2) is 6.29 Å². The molecule has 0 aromatic heterocycles. The molecule has 0 atom stereocenters. The molecule has 0 N–H and O–H groups in total. The van der Waals surface area contributed by atoms with E-state index in [0.717, 1.165) is 12.8 Å². The van der Waals surface area contributed by atoms with Gasteiger partial charge in [-0.05, 0) is 38.3 Å². The molecule has 0 radical (unpaired) electrons. The Balaban J connectivity index is 2.28. The van der Waals surface area contributed by atoms with Crippen molar-refractivity contribution in [1.82, 2.24) is 0 Å². The van der Waals surface area contributed by atoms with E-state index in [4.69, 9.17) is 9.47 Å². The summed E-state index contributed by atoms with van der Waals surface area (Å²) in [5, 5.41) is 0. The first kappa shape index (κ1) is 13.9. The topological polar surface area (TPSA) is 18.5 Å². The maximum absolute atomic E-state index is 5.43. The highest BCUT2D eigenvalue weighted by Gasteiger charge is 2.00. The average Bonchev–Trinajstić information content (AvgIpc) is 2.36. The first-order valence-corrected chi connectivity index (χ1v) is 6.30. The monoisotopic (exact) mass is 234 g/mol. The molecular weight excluding hydrogens is 212 g/mol. The van der Waals surface area contributed by atoms with E-state index in [-0.39, 0.29) is 6.29 Å². The van der Waals surface area contributed by atoms with Crippen LogP contribution in [0.5, 0.6) is 0 Å². The third-order valence-electron chi connectivity index (χ3n) is 2.40. The van der Waals surface area contributed by atoms with Crippen LogP contribution in [0.15, 0.2) is 42.5 Å². The van der Waals surface area contributed by atoms with Gasteiger partial charge >= 0.3 is 0 Å². The van der Waals surface area contributed by atoms with Gasteiger partial charge in [-0.1, -0.05) is 36.4 Å². The maximum Gasteiger partial charge on any atom is 0.176 e. The van der Waals surface area contributed by atoms with Crippen molar-refractivity contribution in [2.24, 2.45) is 0 Å². The van der Waals surface area contributed by atoms with Gasteiger partial charge in [0.1, 0.15) is 0 Å². The van der Waals surface area contributed by atoms with Crippen LogP contribution >= 0.6 is 0 Å². The molecule has 1 aromatic carbocycles. The first-order chi connectivity index (χ1) is 8.36. The van der Waals surface area contributed by atoms with Crippen LogP contribution in [0.25, 0.3) is 0 Å². The molecule has 0 aliphatic rings. The summed E-state index contributed by atoms with van der Waals surface area (Å²) >= 11 is 0. The van der Waals surface area contributed by atoms with Crippen molar-refractivity contribution in [3.8, 4) is 0 Å². The molecule has 1 aromatic rings. The number of aryl methyl sites for hydroxylation is 1. The van der Waals surface area contributed by atoms with E-state index in [9.17, 15) is 0 Å². The predicted octanol–water partition coefficient (Wildman–Crippen LogP) is 3.57. The molecule has 0 fully saturated rings. The van der Waals surface area contributed by atoms with Crippen molar-refractivity contribution < 1.29 is 9.47 Å². The van der Waals surface area contributed by atoms with Crippen LogP contribution in [-0.2, 0) is 15.9 Å². The third-order valence-corrected chi connectivity index (χ3v) is 2.40. The lowest BCUT2D eigenvalue weighted by atomic mass is 10.1. The standard InChI is InChI=1S/C15H22O2/c1-3-16-15(17-4-2)13-9-8-12-14-10-6-5-7-11-14/h5-7,9-11,13,15H,3-4,8,12H2,1-2H3. The van der Waals surface area contributed by atoms with Gasteiger partial charge in [0.25, 0.3) is 0 Å². The molecule has 17 heavy (non-hydrogen) atoms. The zero-order valence-electron chi connectivity index (χ0n) is 10.8. The van der Waals surface area contributed by atoms with E-state index in [1.165, 1.54) is 5.56 Å². The Hall–Kier alpha value is -1.12. The summed E-state index contributed by atoms with van der Waals surface area (Å²) in [5.41, 5.74) is 1.36. The minimum Gasteiger partial charge on any atom is -0.349 e. The smallest absolute Gasteiger partial charge is 0.176 e. The van der Waals surface area contributed by atoms with Crippen LogP contribution in [0.2, 0.25) is 0 Å². The van der Waals surface area contributed by atoms with E-state index >= 15 is 0 Å². The first-order valence-electron chi connectivity index (χ1n) is 6.30. The fourth-order valence-electron chi connectivity index (χ4n) is 1.59. The Bertz CT molecular complexity index is 300. The van der Waals surface area contributed by atoms with E-state index < -0.39 is 0 Å².